The van der Waals surface area contributed by atoms with E-state index in [2.05, 4.69) is 23.5 Å². The van der Waals surface area contributed by atoms with Crippen LogP contribution in [0.15, 0.2) is 54.6 Å². The summed E-state index contributed by atoms with van der Waals surface area (Å²) in [5, 5.41) is 3.45. The summed E-state index contributed by atoms with van der Waals surface area (Å²) in [7, 11) is -3.64. The van der Waals surface area contributed by atoms with Crippen molar-refractivity contribution in [3.8, 4) is 0 Å². The van der Waals surface area contributed by atoms with Gasteiger partial charge in [0.2, 0.25) is 0 Å². The van der Waals surface area contributed by atoms with Crippen LogP contribution in [0, 0.1) is 5.82 Å². The van der Waals surface area contributed by atoms with Crippen molar-refractivity contribution in [3.63, 3.8) is 0 Å². The number of cyclic esters (lactones) is 1. The molecule has 2 atom stereocenters. The zero-order chi connectivity index (χ0) is 22.7. The summed E-state index contributed by atoms with van der Waals surface area (Å²) >= 11 is 0. The minimum atomic E-state index is -3.64. The molecule has 1 fully saturated rings. The van der Waals surface area contributed by atoms with E-state index >= 15 is 4.39 Å². The highest BCUT2D eigenvalue weighted by atomic mass is 32.2. The molecule has 0 bridgehead atoms. The van der Waals surface area contributed by atoms with Crippen molar-refractivity contribution in [1.82, 2.24) is 5.32 Å². The SMILES string of the molecule is CS(=O)(=O)OC[C@H]1CN(c2ccc(C3=CC(Cc4ccccc4)NCC3)c(F)c2)C(=O)O1. The molecular weight excluding hydrogens is 435 g/mol. The lowest BCUT2D eigenvalue weighted by molar-refractivity contribution is 0.107. The molecule has 1 unspecified atom stereocenters. The number of carbonyl (C=O) groups excluding carboxylic acids is 1. The van der Waals surface area contributed by atoms with Crippen LogP contribution >= 0.6 is 0 Å². The lowest BCUT2D eigenvalue weighted by Crippen LogP contribution is -2.33. The summed E-state index contributed by atoms with van der Waals surface area (Å²) in [6.45, 7) is 0.564. The number of nitrogens with zero attached hydrogens (tertiary/aromatic N) is 1. The molecule has 2 aromatic rings. The van der Waals surface area contributed by atoms with Gasteiger partial charge in [-0.05, 0) is 48.7 Å². The molecule has 0 spiro atoms. The molecule has 0 aromatic heterocycles. The van der Waals surface area contributed by atoms with Crippen LogP contribution in [0.3, 0.4) is 0 Å². The molecule has 170 valence electrons. The summed E-state index contributed by atoms with van der Waals surface area (Å²) in [6, 6.07) is 14.9. The summed E-state index contributed by atoms with van der Waals surface area (Å²) in [4.78, 5) is 13.5. The van der Waals surface area contributed by atoms with Crippen molar-refractivity contribution >= 4 is 27.5 Å². The molecule has 1 saturated heterocycles. The first-order chi connectivity index (χ1) is 15.3. The monoisotopic (exact) mass is 460 g/mol. The molecule has 0 radical (unpaired) electrons. The molecule has 0 aliphatic carbocycles. The number of hydrogen-bond acceptors (Lipinski definition) is 6. The van der Waals surface area contributed by atoms with Crippen LogP contribution in [0.4, 0.5) is 14.9 Å². The van der Waals surface area contributed by atoms with Crippen molar-refractivity contribution < 1.29 is 26.5 Å². The number of carbonyl (C=O) groups is 1. The van der Waals surface area contributed by atoms with E-state index in [1.807, 2.05) is 18.2 Å². The van der Waals surface area contributed by atoms with Crippen LogP contribution < -0.4 is 10.2 Å². The lowest BCUT2D eigenvalue weighted by atomic mass is 9.93. The smallest absolute Gasteiger partial charge is 0.414 e. The van der Waals surface area contributed by atoms with Gasteiger partial charge in [0, 0.05) is 11.6 Å². The molecule has 9 heteroatoms. The fourth-order valence-electron chi connectivity index (χ4n) is 3.95. The van der Waals surface area contributed by atoms with Gasteiger partial charge in [-0.25, -0.2) is 9.18 Å². The second-order valence-corrected chi connectivity index (χ2v) is 9.61. The summed E-state index contributed by atoms with van der Waals surface area (Å²) in [6.07, 6.45) is 3.11. The number of amides is 1. The van der Waals surface area contributed by atoms with E-state index in [0.29, 0.717) is 17.7 Å². The van der Waals surface area contributed by atoms with E-state index in [9.17, 15) is 13.2 Å². The predicted molar refractivity (Wildman–Crippen MR) is 119 cm³/mol. The van der Waals surface area contributed by atoms with Gasteiger partial charge in [0.1, 0.15) is 18.5 Å². The summed E-state index contributed by atoms with van der Waals surface area (Å²) < 4.78 is 47.2. The van der Waals surface area contributed by atoms with E-state index in [1.54, 1.807) is 12.1 Å². The van der Waals surface area contributed by atoms with Crippen LogP contribution in [0.25, 0.3) is 5.57 Å². The number of anilines is 1. The maximum absolute atomic E-state index is 15.0. The molecule has 1 amide bonds. The third-order valence-corrected chi connectivity index (χ3v) is 6.02. The molecule has 2 aromatic carbocycles. The molecule has 2 heterocycles. The van der Waals surface area contributed by atoms with Crippen molar-refractivity contribution in [2.24, 2.45) is 0 Å². The van der Waals surface area contributed by atoms with Crippen LogP contribution in [0.1, 0.15) is 17.5 Å². The fraction of sp³-hybridized carbons (Fsp3) is 0.348. The average molecular weight is 461 g/mol. The van der Waals surface area contributed by atoms with Gasteiger partial charge in [0.25, 0.3) is 10.1 Å². The molecule has 1 N–H and O–H groups in total. The molecular formula is C23H25FN2O5S. The minimum absolute atomic E-state index is 0.0822. The molecule has 0 saturated carbocycles. The number of rotatable bonds is 7. The van der Waals surface area contributed by atoms with Crippen molar-refractivity contribution in [2.75, 3.05) is 30.9 Å². The summed E-state index contributed by atoms with van der Waals surface area (Å²) in [5.74, 6) is -0.419. The first kappa shape index (κ1) is 22.4. The molecule has 2 aliphatic heterocycles. The highest BCUT2D eigenvalue weighted by Gasteiger charge is 2.33. The van der Waals surface area contributed by atoms with Crippen LogP contribution in [-0.2, 0) is 25.5 Å². The zero-order valence-electron chi connectivity index (χ0n) is 17.7. The lowest BCUT2D eigenvalue weighted by Gasteiger charge is -2.24. The maximum Gasteiger partial charge on any atom is 0.414 e. The van der Waals surface area contributed by atoms with Crippen LogP contribution in [0.2, 0.25) is 0 Å². The molecule has 4 rings (SSSR count). The van der Waals surface area contributed by atoms with Gasteiger partial charge in [0.05, 0.1) is 18.5 Å². The van der Waals surface area contributed by atoms with Gasteiger partial charge >= 0.3 is 6.09 Å². The molecule has 7 nitrogen and oxygen atoms in total. The molecule has 32 heavy (non-hydrogen) atoms. The van der Waals surface area contributed by atoms with E-state index < -0.39 is 28.1 Å². The zero-order valence-corrected chi connectivity index (χ0v) is 18.5. The summed E-state index contributed by atoms with van der Waals surface area (Å²) in [5.41, 5.74) is 3.00. The average Bonchev–Trinajstić information content (AvgIpc) is 3.13. The van der Waals surface area contributed by atoms with Gasteiger partial charge < -0.3 is 10.1 Å². The number of nitrogens with one attached hydrogen (secondary N) is 1. The van der Waals surface area contributed by atoms with Gasteiger partial charge in [-0.2, -0.15) is 8.42 Å². The number of halogens is 1. The fourth-order valence-corrected chi connectivity index (χ4v) is 4.35. The van der Waals surface area contributed by atoms with E-state index in [4.69, 9.17) is 8.92 Å². The highest BCUT2D eigenvalue weighted by Crippen LogP contribution is 2.30. The van der Waals surface area contributed by atoms with Crippen molar-refractivity contribution in [3.05, 3.63) is 71.6 Å². The minimum Gasteiger partial charge on any atom is -0.441 e. The van der Waals surface area contributed by atoms with Gasteiger partial charge in [-0.3, -0.25) is 9.08 Å². The quantitative estimate of drug-likeness (QED) is 0.639. The predicted octanol–water partition coefficient (Wildman–Crippen LogP) is 3.12. The van der Waals surface area contributed by atoms with Crippen LogP contribution in [-0.4, -0.2) is 52.6 Å². The Labute approximate surface area is 186 Å². The number of hydrogen-bond donors (Lipinski definition) is 1. The van der Waals surface area contributed by atoms with Gasteiger partial charge in [0.15, 0.2) is 0 Å². The van der Waals surface area contributed by atoms with E-state index in [0.717, 1.165) is 24.8 Å². The first-order valence-corrected chi connectivity index (χ1v) is 12.2. The van der Waals surface area contributed by atoms with Crippen molar-refractivity contribution in [1.29, 1.82) is 0 Å². The number of benzene rings is 2. The Hall–Kier alpha value is -2.75. The third-order valence-electron chi connectivity index (χ3n) is 5.45. The normalized spacial score (nSPS) is 21.4. The van der Waals surface area contributed by atoms with Crippen molar-refractivity contribution in [2.45, 2.75) is 25.0 Å². The number of ether oxygens (including phenoxy) is 1. The Morgan fingerprint density at radius 2 is 2.00 bits per heavy atom. The van der Waals surface area contributed by atoms with Gasteiger partial charge in [-0.15, -0.1) is 0 Å². The van der Waals surface area contributed by atoms with E-state index in [-0.39, 0.29) is 19.2 Å². The second-order valence-electron chi connectivity index (χ2n) is 7.96. The largest absolute Gasteiger partial charge is 0.441 e. The van der Waals surface area contributed by atoms with Gasteiger partial charge in [-0.1, -0.05) is 36.4 Å². The Bertz CT molecular complexity index is 1120. The highest BCUT2D eigenvalue weighted by molar-refractivity contribution is 7.85. The topological polar surface area (TPSA) is 84.9 Å². The Morgan fingerprint density at radius 3 is 2.72 bits per heavy atom. The Balaban J connectivity index is 1.46. The van der Waals surface area contributed by atoms with Crippen LogP contribution in [0.5, 0.6) is 0 Å². The Kier molecular flexibility index (Phi) is 6.59. The van der Waals surface area contributed by atoms with E-state index in [1.165, 1.54) is 16.5 Å². The standard InChI is InChI=1S/C23H25FN2O5S/c1-32(28,29)30-15-20-14-26(23(27)31-20)19-7-8-21(22(24)13-19)17-9-10-25-18(12-17)11-16-5-3-2-4-6-16/h2-8,12-13,18,20,25H,9-11,14-15H2,1H3/t18?,20-/m1/s1. The Morgan fingerprint density at radius 1 is 1.22 bits per heavy atom. The second kappa shape index (κ2) is 9.40. The third kappa shape index (κ3) is 5.53. The maximum atomic E-state index is 15.0. The molecule has 2 aliphatic rings. The first-order valence-electron chi connectivity index (χ1n) is 10.4.